The summed E-state index contributed by atoms with van der Waals surface area (Å²) in [5.41, 5.74) is -2.22. The van der Waals surface area contributed by atoms with Gasteiger partial charge >= 0.3 is 18.1 Å². The number of hydrogen-bond acceptors (Lipinski definition) is 4. The van der Waals surface area contributed by atoms with Crippen LogP contribution in [0.25, 0.3) is 0 Å². The molecule has 142 valence electrons. The molecule has 8 heteroatoms. The summed E-state index contributed by atoms with van der Waals surface area (Å²) < 4.78 is 5.17. The molecule has 2 unspecified atom stereocenters. The summed E-state index contributed by atoms with van der Waals surface area (Å²) >= 11 is 0. The van der Waals surface area contributed by atoms with E-state index in [-0.39, 0.29) is 19.0 Å². The average molecular weight is 355 g/mol. The van der Waals surface area contributed by atoms with Crippen LogP contribution >= 0.6 is 0 Å². The molecular weight excluding hydrogens is 326 g/mol. The van der Waals surface area contributed by atoms with Crippen molar-refractivity contribution in [2.24, 2.45) is 5.92 Å². The van der Waals surface area contributed by atoms with Crippen molar-refractivity contribution in [1.82, 2.24) is 15.1 Å². The molecule has 2 rings (SSSR count). The fourth-order valence-corrected chi connectivity index (χ4v) is 3.37. The molecule has 0 bridgehead atoms. The molecular formula is C17H29N3O5. The number of rotatable bonds is 2. The maximum absolute atomic E-state index is 12.7. The van der Waals surface area contributed by atoms with Crippen molar-refractivity contribution < 1.29 is 24.2 Å². The van der Waals surface area contributed by atoms with Gasteiger partial charge in [0.2, 0.25) is 0 Å². The minimum Gasteiger partial charge on any atom is -0.479 e. The number of urea groups is 1. The highest BCUT2D eigenvalue weighted by Gasteiger charge is 2.49. The summed E-state index contributed by atoms with van der Waals surface area (Å²) in [6.45, 7) is 8.87. The molecule has 0 aliphatic carbocycles. The third-order valence-electron chi connectivity index (χ3n) is 4.62. The van der Waals surface area contributed by atoms with E-state index in [0.29, 0.717) is 25.6 Å². The third-order valence-corrected chi connectivity index (χ3v) is 4.62. The number of carbonyl (C=O) groups is 3. The summed E-state index contributed by atoms with van der Waals surface area (Å²) in [6.07, 6.45) is 1.44. The lowest BCUT2D eigenvalue weighted by atomic mass is 9.99. The fourth-order valence-electron chi connectivity index (χ4n) is 3.37. The van der Waals surface area contributed by atoms with Gasteiger partial charge in [0.25, 0.3) is 0 Å². The molecule has 2 N–H and O–H groups in total. The number of piperidine rings is 1. The molecule has 2 saturated heterocycles. The quantitative estimate of drug-likeness (QED) is 0.788. The first-order valence-corrected chi connectivity index (χ1v) is 8.81. The van der Waals surface area contributed by atoms with Crippen molar-refractivity contribution in [3.8, 4) is 0 Å². The van der Waals surface area contributed by atoms with Gasteiger partial charge in [0.15, 0.2) is 5.54 Å². The van der Waals surface area contributed by atoms with E-state index in [4.69, 9.17) is 4.74 Å². The van der Waals surface area contributed by atoms with Crippen molar-refractivity contribution in [2.75, 3.05) is 26.2 Å². The highest BCUT2D eigenvalue weighted by Crippen LogP contribution is 2.25. The van der Waals surface area contributed by atoms with Gasteiger partial charge < -0.3 is 25.0 Å². The SMILES string of the molecule is CC1CCCN(C(=O)N2CCC(NC(=O)OC(C)(C)C)(C(=O)O)C2)C1. The standard InChI is InChI=1S/C17H29N3O5/c1-12-6-5-8-19(10-12)15(24)20-9-7-17(11-20,13(21)22)18-14(23)25-16(2,3)4/h12H,5-11H2,1-4H3,(H,18,23)(H,21,22). The van der Waals surface area contributed by atoms with Crippen LogP contribution in [0.4, 0.5) is 9.59 Å². The van der Waals surface area contributed by atoms with Crippen LogP contribution in [0.3, 0.4) is 0 Å². The number of likely N-dealkylation sites (tertiary alicyclic amines) is 2. The van der Waals surface area contributed by atoms with E-state index >= 15 is 0 Å². The summed E-state index contributed by atoms with van der Waals surface area (Å²) in [7, 11) is 0. The Balaban J connectivity index is 2.03. The van der Waals surface area contributed by atoms with Gasteiger partial charge in [-0.1, -0.05) is 6.92 Å². The van der Waals surface area contributed by atoms with Crippen LogP contribution in [0.1, 0.15) is 47.0 Å². The van der Waals surface area contributed by atoms with Gasteiger partial charge in [-0.15, -0.1) is 0 Å². The second-order valence-electron chi connectivity index (χ2n) is 8.16. The Kier molecular flexibility index (Phi) is 5.49. The molecule has 0 radical (unpaired) electrons. The molecule has 2 atom stereocenters. The average Bonchev–Trinajstić information content (AvgIpc) is 2.89. The summed E-state index contributed by atoms with van der Waals surface area (Å²) in [4.78, 5) is 39.8. The molecule has 2 fully saturated rings. The van der Waals surface area contributed by atoms with Gasteiger partial charge in [0, 0.05) is 26.1 Å². The minimum absolute atomic E-state index is 0.0503. The van der Waals surface area contributed by atoms with Crippen LogP contribution < -0.4 is 5.32 Å². The lowest BCUT2D eigenvalue weighted by Gasteiger charge is -2.34. The topological polar surface area (TPSA) is 99.2 Å². The number of hydrogen-bond donors (Lipinski definition) is 2. The van der Waals surface area contributed by atoms with E-state index in [2.05, 4.69) is 12.2 Å². The van der Waals surface area contributed by atoms with Crippen molar-refractivity contribution >= 4 is 18.1 Å². The Bertz CT molecular complexity index is 545. The fraction of sp³-hybridized carbons (Fsp3) is 0.824. The predicted molar refractivity (Wildman–Crippen MR) is 91.3 cm³/mol. The number of carboxylic acids is 1. The maximum atomic E-state index is 12.7. The van der Waals surface area contributed by atoms with E-state index < -0.39 is 23.2 Å². The smallest absolute Gasteiger partial charge is 0.408 e. The summed E-state index contributed by atoms with van der Waals surface area (Å²) in [6, 6.07) is -0.152. The van der Waals surface area contributed by atoms with Crippen molar-refractivity contribution in [1.29, 1.82) is 0 Å². The molecule has 2 aliphatic heterocycles. The number of amides is 3. The van der Waals surface area contributed by atoms with E-state index in [9.17, 15) is 19.5 Å². The van der Waals surface area contributed by atoms with Gasteiger partial charge in [-0.2, -0.15) is 0 Å². The van der Waals surface area contributed by atoms with E-state index in [0.717, 1.165) is 12.8 Å². The molecule has 8 nitrogen and oxygen atoms in total. The first-order chi connectivity index (χ1) is 11.5. The highest BCUT2D eigenvalue weighted by molar-refractivity contribution is 5.87. The number of nitrogens with zero attached hydrogens (tertiary/aromatic N) is 2. The van der Waals surface area contributed by atoms with Crippen LogP contribution in [-0.2, 0) is 9.53 Å². The van der Waals surface area contributed by atoms with Crippen molar-refractivity contribution in [2.45, 2.75) is 58.1 Å². The number of nitrogens with one attached hydrogen (secondary N) is 1. The summed E-state index contributed by atoms with van der Waals surface area (Å²) in [5, 5.41) is 12.1. The molecule has 25 heavy (non-hydrogen) atoms. The number of alkyl carbamates (subject to hydrolysis) is 1. The van der Waals surface area contributed by atoms with Gasteiger partial charge in [-0.3, -0.25) is 0 Å². The molecule has 0 aromatic carbocycles. The van der Waals surface area contributed by atoms with E-state index in [1.165, 1.54) is 4.90 Å². The molecule has 3 amide bonds. The Morgan fingerprint density at radius 3 is 2.44 bits per heavy atom. The van der Waals surface area contributed by atoms with Gasteiger partial charge in [-0.25, -0.2) is 14.4 Å². The summed E-state index contributed by atoms with van der Waals surface area (Å²) in [5.74, 6) is -0.704. The Morgan fingerprint density at radius 1 is 1.20 bits per heavy atom. The highest BCUT2D eigenvalue weighted by atomic mass is 16.6. The molecule has 0 aromatic rings. The van der Waals surface area contributed by atoms with E-state index in [1.54, 1.807) is 25.7 Å². The lowest BCUT2D eigenvalue weighted by molar-refractivity contribution is -0.144. The third kappa shape index (κ3) is 4.76. The second kappa shape index (κ2) is 7.09. The first-order valence-electron chi connectivity index (χ1n) is 8.81. The van der Waals surface area contributed by atoms with E-state index in [1.807, 2.05) is 0 Å². The van der Waals surface area contributed by atoms with Gasteiger partial charge in [0.1, 0.15) is 5.60 Å². The lowest BCUT2D eigenvalue weighted by Crippen LogP contribution is -2.58. The zero-order chi connectivity index (χ0) is 18.8. The minimum atomic E-state index is -1.50. The predicted octanol–water partition coefficient (Wildman–Crippen LogP) is 1.89. The number of ether oxygens (including phenoxy) is 1. The van der Waals surface area contributed by atoms with Gasteiger partial charge in [0.05, 0.1) is 6.54 Å². The van der Waals surface area contributed by atoms with Crippen molar-refractivity contribution in [3.63, 3.8) is 0 Å². The van der Waals surface area contributed by atoms with Gasteiger partial charge in [-0.05, 0) is 39.5 Å². The van der Waals surface area contributed by atoms with Crippen LogP contribution in [0.15, 0.2) is 0 Å². The molecule has 0 spiro atoms. The Labute approximate surface area is 148 Å². The molecule has 0 saturated carbocycles. The zero-order valence-corrected chi connectivity index (χ0v) is 15.5. The van der Waals surface area contributed by atoms with Crippen molar-refractivity contribution in [3.05, 3.63) is 0 Å². The maximum Gasteiger partial charge on any atom is 0.408 e. The number of aliphatic carboxylic acids is 1. The largest absolute Gasteiger partial charge is 0.479 e. The molecule has 0 aromatic heterocycles. The number of carbonyl (C=O) groups excluding carboxylic acids is 2. The Hall–Kier alpha value is -1.99. The molecule has 2 aliphatic rings. The van der Waals surface area contributed by atoms with Crippen LogP contribution in [0.5, 0.6) is 0 Å². The first kappa shape index (κ1) is 19.3. The molecule has 2 heterocycles. The van der Waals surface area contributed by atoms with Crippen LogP contribution in [0, 0.1) is 5.92 Å². The second-order valence-corrected chi connectivity index (χ2v) is 8.16. The monoisotopic (exact) mass is 355 g/mol. The van der Waals surface area contributed by atoms with Crippen LogP contribution in [0.2, 0.25) is 0 Å². The normalized spacial score (nSPS) is 27.1. The number of carboxylic acid groups (broad SMARTS) is 1. The van der Waals surface area contributed by atoms with Crippen LogP contribution in [-0.4, -0.2) is 70.3 Å². The Morgan fingerprint density at radius 2 is 1.88 bits per heavy atom. The zero-order valence-electron chi connectivity index (χ0n) is 15.5.